The van der Waals surface area contributed by atoms with Gasteiger partial charge in [0.1, 0.15) is 5.82 Å². The minimum absolute atomic E-state index is 0.215. The number of fused-ring (bicyclic) bond motifs is 3. The molecule has 4 aromatic carbocycles. The number of para-hydroxylation sites is 1. The number of hydrogen-bond donors (Lipinski definition) is 0. The van der Waals surface area contributed by atoms with Gasteiger partial charge in [-0.15, -0.1) is 0 Å². The van der Waals surface area contributed by atoms with Crippen LogP contribution in [-0.4, -0.2) is 4.57 Å². The summed E-state index contributed by atoms with van der Waals surface area (Å²) in [6.07, 6.45) is 0. The molecule has 130 valence electrons. The Balaban J connectivity index is 1.91. The molecule has 0 aliphatic carbocycles. The minimum Gasteiger partial charge on any atom is -0.344 e. The highest BCUT2D eigenvalue weighted by Crippen LogP contribution is 2.39. The molecule has 1 aromatic heterocycles. The number of halogens is 1. The Kier molecular flexibility index (Phi) is 3.58. The van der Waals surface area contributed by atoms with Crippen LogP contribution in [0.15, 0.2) is 91.0 Å². The van der Waals surface area contributed by atoms with E-state index in [4.69, 9.17) is 0 Å². The highest BCUT2D eigenvalue weighted by Gasteiger charge is 2.15. The smallest absolute Gasteiger partial charge is 0.123 e. The van der Waals surface area contributed by atoms with Gasteiger partial charge in [-0.2, -0.15) is 0 Å². The fourth-order valence-electron chi connectivity index (χ4n) is 3.94. The molecule has 0 saturated heterocycles. The topological polar surface area (TPSA) is 4.93 Å². The van der Waals surface area contributed by atoms with Crippen LogP contribution in [0.1, 0.15) is 0 Å². The van der Waals surface area contributed by atoms with Crippen LogP contribution in [0.5, 0.6) is 0 Å². The molecule has 0 aliphatic rings. The van der Waals surface area contributed by atoms with E-state index in [9.17, 15) is 4.39 Å². The van der Waals surface area contributed by atoms with E-state index >= 15 is 0 Å². The molecule has 0 unspecified atom stereocenters. The predicted octanol–water partition coefficient (Wildman–Crippen LogP) is 6.80. The molecule has 0 amide bonds. The second kappa shape index (κ2) is 6.10. The van der Waals surface area contributed by atoms with Crippen molar-refractivity contribution in [2.45, 2.75) is 0 Å². The Morgan fingerprint density at radius 2 is 1.33 bits per heavy atom. The number of benzene rings is 4. The van der Waals surface area contributed by atoms with Crippen LogP contribution in [-0.2, 0) is 7.05 Å². The Morgan fingerprint density at radius 3 is 2.11 bits per heavy atom. The van der Waals surface area contributed by atoms with Gasteiger partial charge in [-0.3, -0.25) is 0 Å². The van der Waals surface area contributed by atoms with Crippen LogP contribution >= 0.6 is 0 Å². The normalized spacial score (nSPS) is 11.3. The number of aryl methyl sites for hydroxylation is 1. The number of rotatable bonds is 2. The summed E-state index contributed by atoms with van der Waals surface area (Å²) in [4.78, 5) is 0. The minimum atomic E-state index is -0.215. The van der Waals surface area contributed by atoms with E-state index in [0.717, 1.165) is 11.1 Å². The molecule has 0 aliphatic heterocycles. The third kappa shape index (κ3) is 2.53. The van der Waals surface area contributed by atoms with Gasteiger partial charge in [0.05, 0.1) is 5.52 Å². The lowest BCUT2D eigenvalue weighted by Gasteiger charge is -2.10. The maximum absolute atomic E-state index is 13.4. The summed E-state index contributed by atoms with van der Waals surface area (Å²) >= 11 is 0. The van der Waals surface area contributed by atoms with Gasteiger partial charge in [0.2, 0.25) is 0 Å². The van der Waals surface area contributed by atoms with Crippen LogP contribution in [0.3, 0.4) is 0 Å². The van der Waals surface area contributed by atoms with Crippen molar-refractivity contribution in [3.63, 3.8) is 0 Å². The van der Waals surface area contributed by atoms with Crippen LogP contribution in [0.2, 0.25) is 0 Å². The first kappa shape index (κ1) is 15.8. The summed E-state index contributed by atoms with van der Waals surface area (Å²) in [5.74, 6) is -0.215. The second-order valence-corrected chi connectivity index (χ2v) is 6.87. The molecule has 5 rings (SSSR count). The van der Waals surface area contributed by atoms with Crippen molar-refractivity contribution in [2.75, 3.05) is 0 Å². The molecule has 0 bridgehead atoms. The highest BCUT2D eigenvalue weighted by molar-refractivity contribution is 6.16. The molecule has 0 spiro atoms. The average molecular weight is 351 g/mol. The molecule has 2 heteroatoms. The summed E-state index contributed by atoms with van der Waals surface area (Å²) in [6.45, 7) is 0. The van der Waals surface area contributed by atoms with Crippen molar-refractivity contribution in [1.29, 1.82) is 0 Å². The van der Waals surface area contributed by atoms with Gasteiger partial charge in [-0.05, 0) is 52.6 Å². The molecule has 5 aromatic rings. The summed E-state index contributed by atoms with van der Waals surface area (Å²) < 4.78 is 15.6. The van der Waals surface area contributed by atoms with Crippen LogP contribution < -0.4 is 0 Å². The van der Waals surface area contributed by atoms with Gasteiger partial charge in [0.25, 0.3) is 0 Å². The van der Waals surface area contributed by atoms with E-state index in [2.05, 4.69) is 72.3 Å². The SMILES string of the molecule is Cn1c2ccccc2c2c(-c3ccccc3)cc(-c3ccc(F)cc3)cc21. The van der Waals surface area contributed by atoms with Crippen molar-refractivity contribution in [3.05, 3.63) is 96.8 Å². The standard InChI is InChI=1S/C25H18FN/c1-27-23-10-6-5-9-21(23)25-22(18-7-3-2-4-8-18)15-19(16-24(25)27)17-11-13-20(26)14-12-17/h2-16H,1H3. The van der Waals surface area contributed by atoms with Gasteiger partial charge in [0.15, 0.2) is 0 Å². The van der Waals surface area contributed by atoms with Gasteiger partial charge in [0, 0.05) is 23.3 Å². The van der Waals surface area contributed by atoms with Crippen LogP contribution in [0.25, 0.3) is 44.1 Å². The first-order valence-corrected chi connectivity index (χ1v) is 9.05. The van der Waals surface area contributed by atoms with Gasteiger partial charge in [-0.1, -0.05) is 60.7 Å². The summed E-state index contributed by atoms with van der Waals surface area (Å²) in [5.41, 5.74) is 6.87. The van der Waals surface area contributed by atoms with Crippen molar-refractivity contribution in [1.82, 2.24) is 4.57 Å². The van der Waals surface area contributed by atoms with E-state index < -0.39 is 0 Å². The van der Waals surface area contributed by atoms with E-state index in [0.29, 0.717) is 0 Å². The van der Waals surface area contributed by atoms with Crippen LogP contribution in [0, 0.1) is 5.82 Å². The lowest BCUT2D eigenvalue weighted by molar-refractivity contribution is 0.628. The zero-order valence-electron chi connectivity index (χ0n) is 15.0. The number of nitrogens with zero attached hydrogens (tertiary/aromatic N) is 1. The van der Waals surface area contributed by atoms with Gasteiger partial charge >= 0.3 is 0 Å². The quantitative estimate of drug-likeness (QED) is 0.329. The summed E-state index contributed by atoms with van der Waals surface area (Å²) in [5, 5.41) is 2.50. The fourth-order valence-corrected chi connectivity index (χ4v) is 3.94. The van der Waals surface area contributed by atoms with E-state index in [1.165, 1.54) is 45.1 Å². The van der Waals surface area contributed by atoms with Crippen LogP contribution in [0.4, 0.5) is 4.39 Å². The van der Waals surface area contributed by atoms with E-state index in [-0.39, 0.29) is 5.82 Å². The lowest BCUT2D eigenvalue weighted by Crippen LogP contribution is -1.89. The summed E-state index contributed by atoms with van der Waals surface area (Å²) in [7, 11) is 2.11. The fraction of sp³-hybridized carbons (Fsp3) is 0.0400. The monoisotopic (exact) mass is 351 g/mol. The maximum atomic E-state index is 13.4. The third-order valence-electron chi connectivity index (χ3n) is 5.28. The zero-order valence-corrected chi connectivity index (χ0v) is 15.0. The Bertz CT molecular complexity index is 1260. The molecular weight excluding hydrogens is 333 g/mol. The van der Waals surface area contributed by atoms with Crippen molar-refractivity contribution in [2.24, 2.45) is 7.05 Å². The largest absolute Gasteiger partial charge is 0.344 e. The molecule has 0 radical (unpaired) electrons. The van der Waals surface area contributed by atoms with Crippen molar-refractivity contribution in [3.8, 4) is 22.3 Å². The molecule has 0 saturated carbocycles. The van der Waals surface area contributed by atoms with Gasteiger partial charge in [-0.25, -0.2) is 4.39 Å². The number of aromatic nitrogens is 1. The first-order chi connectivity index (χ1) is 13.2. The summed E-state index contributed by atoms with van der Waals surface area (Å²) in [6, 6.07) is 30.1. The molecular formula is C25H18FN. The molecule has 27 heavy (non-hydrogen) atoms. The molecule has 1 heterocycles. The Hall–Kier alpha value is -3.39. The molecule has 1 nitrogen and oxygen atoms in total. The van der Waals surface area contributed by atoms with E-state index in [1.807, 2.05) is 18.2 Å². The lowest BCUT2D eigenvalue weighted by atomic mass is 9.94. The number of hydrogen-bond acceptors (Lipinski definition) is 0. The second-order valence-electron chi connectivity index (χ2n) is 6.87. The van der Waals surface area contributed by atoms with Crippen molar-refractivity contribution < 1.29 is 4.39 Å². The predicted molar refractivity (Wildman–Crippen MR) is 111 cm³/mol. The molecule has 0 N–H and O–H groups in total. The Labute approximate surface area is 157 Å². The third-order valence-corrected chi connectivity index (χ3v) is 5.28. The molecule has 0 atom stereocenters. The first-order valence-electron chi connectivity index (χ1n) is 9.05. The average Bonchev–Trinajstić information content (AvgIpc) is 3.01. The Morgan fingerprint density at radius 1 is 0.630 bits per heavy atom. The van der Waals surface area contributed by atoms with Crippen molar-refractivity contribution >= 4 is 21.8 Å². The maximum Gasteiger partial charge on any atom is 0.123 e. The zero-order chi connectivity index (χ0) is 18.4. The van der Waals surface area contributed by atoms with Gasteiger partial charge < -0.3 is 4.57 Å². The van der Waals surface area contributed by atoms with E-state index in [1.54, 1.807) is 0 Å². The molecule has 0 fully saturated rings. The highest BCUT2D eigenvalue weighted by atomic mass is 19.1.